The van der Waals surface area contributed by atoms with Crippen molar-refractivity contribution in [2.24, 2.45) is 0 Å². The third kappa shape index (κ3) is 3.55. The quantitative estimate of drug-likeness (QED) is 0.470. The lowest BCUT2D eigenvalue weighted by Gasteiger charge is -2.05. The summed E-state index contributed by atoms with van der Waals surface area (Å²) in [5.74, 6) is 0.869. The summed E-state index contributed by atoms with van der Waals surface area (Å²) in [6.45, 7) is 2.71. The zero-order valence-corrected chi connectivity index (χ0v) is 11.4. The molecule has 1 aromatic heterocycles. The molecule has 0 saturated carbocycles. The first-order valence-corrected chi connectivity index (χ1v) is 6.81. The molecule has 0 aliphatic rings. The van der Waals surface area contributed by atoms with Crippen molar-refractivity contribution >= 4 is 11.8 Å². The number of benzene rings is 1. The van der Waals surface area contributed by atoms with E-state index in [2.05, 4.69) is 22.1 Å². The minimum Gasteiger partial charge on any atom is -0.384 e. The van der Waals surface area contributed by atoms with Gasteiger partial charge in [0.25, 0.3) is 0 Å². The van der Waals surface area contributed by atoms with Crippen LogP contribution in [0.15, 0.2) is 41.6 Å². The highest BCUT2D eigenvalue weighted by Crippen LogP contribution is 2.21. The van der Waals surface area contributed by atoms with Crippen LogP contribution in [-0.2, 0) is 4.74 Å². The van der Waals surface area contributed by atoms with Crippen LogP contribution in [0.5, 0.6) is 0 Å². The van der Waals surface area contributed by atoms with E-state index in [1.54, 1.807) is 18.9 Å². The third-order valence-corrected chi connectivity index (χ3v) is 3.23. The van der Waals surface area contributed by atoms with Gasteiger partial charge < -0.3 is 4.74 Å². The van der Waals surface area contributed by atoms with Crippen LogP contribution in [0.2, 0.25) is 0 Å². The van der Waals surface area contributed by atoms with Crippen molar-refractivity contribution in [1.82, 2.24) is 9.97 Å². The molecule has 2 aromatic rings. The highest BCUT2D eigenvalue weighted by atomic mass is 32.2. The van der Waals surface area contributed by atoms with Crippen LogP contribution in [0.1, 0.15) is 5.69 Å². The Morgan fingerprint density at radius 2 is 1.94 bits per heavy atom. The van der Waals surface area contributed by atoms with E-state index in [4.69, 9.17) is 4.74 Å². The number of hydrogen-bond acceptors (Lipinski definition) is 4. The monoisotopic (exact) mass is 260 g/mol. The lowest BCUT2D eigenvalue weighted by Crippen LogP contribution is -1.97. The van der Waals surface area contributed by atoms with Crippen molar-refractivity contribution in [3.05, 3.63) is 42.1 Å². The van der Waals surface area contributed by atoms with Gasteiger partial charge >= 0.3 is 0 Å². The summed E-state index contributed by atoms with van der Waals surface area (Å²) in [7, 11) is 1.70. The maximum absolute atomic E-state index is 5.03. The molecule has 0 atom stereocenters. The highest BCUT2D eigenvalue weighted by molar-refractivity contribution is 7.99. The summed E-state index contributed by atoms with van der Waals surface area (Å²) < 4.78 is 5.03. The van der Waals surface area contributed by atoms with Crippen molar-refractivity contribution in [3.63, 3.8) is 0 Å². The fourth-order valence-corrected chi connectivity index (χ4v) is 2.38. The number of hydrogen-bond donors (Lipinski definition) is 0. The smallest absolute Gasteiger partial charge is 0.188 e. The first kappa shape index (κ1) is 13.1. The predicted molar refractivity (Wildman–Crippen MR) is 74.8 cm³/mol. The molecular weight excluding hydrogens is 244 g/mol. The summed E-state index contributed by atoms with van der Waals surface area (Å²) in [5, 5.41) is 0.811. The second-order valence-electron chi connectivity index (χ2n) is 3.88. The van der Waals surface area contributed by atoms with Crippen molar-refractivity contribution < 1.29 is 4.74 Å². The van der Waals surface area contributed by atoms with Crippen LogP contribution in [0.4, 0.5) is 0 Å². The van der Waals surface area contributed by atoms with Crippen LogP contribution in [0.25, 0.3) is 11.3 Å². The van der Waals surface area contributed by atoms with Crippen molar-refractivity contribution in [2.45, 2.75) is 12.1 Å². The molecule has 0 aliphatic carbocycles. The molecule has 1 heterocycles. The highest BCUT2D eigenvalue weighted by Gasteiger charge is 2.04. The molecule has 94 valence electrons. The first-order chi connectivity index (χ1) is 8.79. The van der Waals surface area contributed by atoms with Crippen LogP contribution in [0, 0.1) is 6.92 Å². The molecule has 0 amide bonds. The molecule has 4 heteroatoms. The molecule has 3 nitrogen and oxygen atoms in total. The van der Waals surface area contributed by atoms with Gasteiger partial charge in [0, 0.05) is 24.1 Å². The minimum atomic E-state index is 0.711. The van der Waals surface area contributed by atoms with Gasteiger partial charge in [-0.05, 0) is 13.0 Å². The van der Waals surface area contributed by atoms with Gasteiger partial charge in [-0.2, -0.15) is 0 Å². The van der Waals surface area contributed by atoms with Crippen LogP contribution < -0.4 is 0 Å². The standard InChI is InChI=1S/C14H16N2OS/c1-11-10-13(12-6-4-3-5-7-12)16-14(15-11)18-9-8-17-2/h3-7,10H,8-9H2,1-2H3. The molecule has 0 spiro atoms. The van der Waals surface area contributed by atoms with Crippen LogP contribution in [-0.4, -0.2) is 29.4 Å². The Labute approximate surface area is 112 Å². The Hall–Kier alpha value is -1.39. The molecule has 0 N–H and O–H groups in total. The summed E-state index contributed by atoms with van der Waals surface area (Å²) >= 11 is 1.62. The Balaban J connectivity index is 2.21. The molecule has 2 rings (SSSR count). The van der Waals surface area contributed by atoms with Gasteiger partial charge in [-0.15, -0.1) is 0 Å². The zero-order chi connectivity index (χ0) is 12.8. The maximum atomic E-state index is 5.03. The fraction of sp³-hybridized carbons (Fsp3) is 0.286. The van der Waals surface area contributed by atoms with E-state index >= 15 is 0 Å². The lowest BCUT2D eigenvalue weighted by molar-refractivity contribution is 0.218. The van der Waals surface area contributed by atoms with Gasteiger partial charge in [0.1, 0.15) is 0 Å². The number of thioether (sulfide) groups is 1. The van der Waals surface area contributed by atoms with Crippen molar-refractivity contribution in [1.29, 1.82) is 0 Å². The second kappa shape index (κ2) is 6.52. The Morgan fingerprint density at radius 1 is 1.17 bits per heavy atom. The number of aromatic nitrogens is 2. The van der Waals surface area contributed by atoms with Gasteiger partial charge in [0.05, 0.1) is 12.3 Å². The number of aryl methyl sites for hydroxylation is 1. The summed E-state index contributed by atoms with van der Waals surface area (Å²) in [4.78, 5) is 9.00. The van der Waals surface area contributed by atoms with Crippen LogP contribution >= 0.6 is 11.8 Å². The van der Waals surface area contributed by atoms with E-state index < -0.39 is 0 Å². The van der Waals surface area contributed by atoms with Crippen LogP contribution in [0.3, 0.4) is 0 Å². The average Bonchev–Trinajstić information content (AvgIpc) is 2.39. The molecule has 0 unspecified atom stereocenters. The van der Waals surface area contributed by atoms with E-state index in [1.165, 1.54) is 0 Å². The Bertz CT molecular complexity index is 502. The molecule has 0 aliphatic heterocycles. The molecule has 0 fully saturated rings. The summed E-state index contributed by atoms with van der Waals surface area (Å²) in [5.41, 5.74) is 3.09. The number of rotatable bonds is 5. The number of nitrogens with zero attached hydrogens (tertiary/aromatic N) is 2. The number of ether oxygens (including phenoxy) is 1. The third-order valence-electron chi connectivity index (χ3n) is 2.42. The van der Waals surface area contributed by atoms with E-state index in [9.17, 15) is 0 Å². The first-order valence-electron chi connectivity index (χ1n) is 5.82. The van der Waals surface area contributed by atoms with E-state index in [0.29, 0.717) is 6.61 Å². The summed E-state index contributed by atoms with van der Waals surface area (Å²) in [6, 6.07) is 12.2. The lowest BCUT2D eigenvalue weighted by atomic mass is 10.1. The van der Waals surface area contributed by atoms with Gasteiger partial charge in [0.2, 0.25) is 0 Å². The fourth-order valence-electron chi connectivity index (χ4n) is 1.58. The average molecular weight is 260 g/mol. The predicted octanol–water partition coefficient (Wildman–Crippen LogP) is 3.19. The SMILES string of the molecule is COCCSc1nc(C)cc(-c2ccccc2)n1. The van der Waals surface area contributed by atoms with Crippen molar-refractivity contribution in [3.8, 4) is 11.3 Å². The van der Waals surface area contributed by atoms with Crippen molar-refractivity contribution in [2.75, 3.05) is 19.5 Å². The van der Waals surface area contributed by atoms with Gasteiger partial charge in [-0.1, -0.05) is 42.1 Å². The molecule has 0 radical (unpaired) electrons. The molecule has 18 heavy (non-hydrogen) atoms. The molecular formula is C14H16N2OS. The molecule has 1 aromatic carbocycles. The Kier molecular flexibility index (Phi) is 4.73. The second-order valence-corrected chi connectivity index (χ2v) is 4.95. The maximum Gasteiger partial charge on any atom is 0.188 e. The summed E-state index contributed by atoms with van der Waals surface area (Å²) in [6.07, 6.45) is 0. The van der Waals surface area contributed by atoms with Gasteiger partial charge in [-0.3, -0.25) is 0 Å². The molecule has 0 bridgehead atoms. The van der Waals surface area contributed by atoms with E-state index in [-0.39, 0.29) is 0 Å². The zero-order valence-electron chi connectivity index (χ0n) is 10.6. The Morgan fingerprint density at radius 3 is 2.67 bits per heavy atom. The van der Waals surface area contributed by atoms with E-state index in [1.807, 2.05) is 31.2 Å². The van der Waals surface area contributed by atoms with E-state index in [0.717, 1.165) is 27.9 Å². The largest absolute Gasteiger partial charge is 0.384 e. The topological polar surface area (TPSA) is 35.0 Å². The minimum absolute atomic E-state index is 0.711. The van der Waals surface area contributed by atoms with Gasteiger partial charge in [0.15, 0.2) is 5.16 Å². The normalized spacial score (nSPS) is 10.6. The molecule has 0 saturated heterocycles. The van der Waals surface area contributed by atoms with Gasteiger partial charge in [-0.25, -0.2) is 9.97 Å². The number of methoxy groups -OCH3 is 1.